The molecule has 0 aliphatic rings. The van der Waals surface area contributed by atoms with Crippen molar-refractivity contribution < 1.29 is 18.3 Å². The van der Waals surface area contributed by atoms with Crippen LogP contribution in [-0.2, 0) is 4.74 Å². The Kier molecular flexibility index (Phi) is 6.22. The van der Waals surface area contributed by atoms with E-state index in [1.807, 2.05) is 24.3 Å². The van der Waals surface area contributed by atoms with Crippen LogP contribution in [0.25, 0.3) is 0 Å². The number of hydrogen-bond acceptors (Lipinski definition) is 2. The third-order valence-corrected chi connectivity index (χ3v) is 2.71. The Hall–Kier alpha value is -0.870. The zero-order valence-corrected chi connectivity index (χ0v) is 10.3. The molecule has 0 heterocycles. The molecule has 0 saturated heterocycles. The van der Waals surface area contributed by atoms with Crippen LogP contribution in [0.2, 0.25) is 0 Å². The molecule has 0 radical (unpaired) electrons. The van der Waals surface area contributed by atoms with Gasteiger partial charge in [-0.15, -0.1) is 11.6 Å². The molecule has 2 nitrogen and oxygen atoms in total. The number of ether oxygens (including phenoxy) is 2. The number of alkyl halides is 3. The summed E-state index contributed by atoms with van der Waals surface area (Å²) in [4.78, 5) is 0. The van der Waals surface area contributed by atoms with Gasteiger partial charge >= 0.3 is 0 Å². The van der Waals surface area contributed by atoms with E-state index in [0.29, 0.717) is 6.42 Å². The van der Waals surface area contributed by atoms with Gasteiger partial charge in [-0.1, -0.05) is 12.1 Å². The maximum atomic E-state index is 11.8. The largest absolute Gasteiger partial charge is 0.497 e. The average Bonchev–Trinajstić information content (AvgIpc) is 2.34. The summed E-state index contributed by atoms with van der Waals surface area (Å²) in [7, 11) is 1.59. The van der Waals surface area contributed by atoms with Crippen molar-refractivity contribution in [2.75, 3.05) is 20.3 Å². The molecule has 0 amide bonds. The molecule has 17 heavy (non-hydrogen) atoms. The normalized spacial score (nSPS) is 12.8. The Morgan fingerprint density at radius 1 is 1.24 bits per heavy atom. The first-order chi connectivity index (χ1) is 8.13. The van der Waals surface area contributed by atoms with Crippen LogP contribution < -0.4 is 4.74 Å². The SMILES string of the molecule is COc1ccc(C(Cl)CCOCC(F)F)cc1. The van der Waals surface area contributed by atoms with Gasteiger partial charge in [-0.25, -0.2) is 8.78 Å². The van der Waals surface area contributed by atoms with E-state index in [2.05, 4.69) is 0 Å². The van der Waals surface area contributed by atoms with E-state index in [-0.39, 0.29) is 12.0 Å². The topological polar surface area (TPSA) is 18.5 Å². The standard InChI is InChI=1S/C12H15ClF2O2/c1-16-10-4-2-9(3-5-10)11(13)6-7-17-8-12(14)15/h2-5,11-12H,6-8H2,1H3. The van der Waals surface area contributed by atoms with Crippen LogP contribution in [0.15, 0.2) is 24.3 Å². The van der Waals surface area contributed by atoms with E-state index in [1.54, 1.807) is 7.11 Å². The van der Waals surface area contributed by atoms with Crippen molar-refractivity contribution >= 4 is 11.6 Å². The highest BCUT2D eigenvalue weighted by molar-refractivity contribution is 6.20. The van der Waals surface area contributed by atoms with Crippen molar-refractivity contribution in [2.24, 2.45) is 0 Å². The van der Waals surface area contributed by atoms with E-state index in [0.717, 1.165) is 11.3 Å². The molecule has 0 spiro atoms. The molecule has 0 aliphatic carbocycles. The van der Waals surface area contributed by atoms with E-state index in [9.17, 15) is 8.78 Å². The van der Waals surface area contributed by atoms with Crippen LogP contribution in [0.3, 0.4) is 0 Å². The van der Waals surface area contributed by atoms with Crippen molar-refractivity contribution in [1.82, 2.24) is 0 Å². The first-order valence-corrected chi connectivity index (χ1v) is 5.71. The van der Waals surface area contributed by atoms with E-state index in [4.69, 9.17) is 21.1 Å². The van der Waals surface area contributed by atoms with Gasteiger partial charge in [0.2, 0.25) is 0 Å². The summed E-state index contributed by atoms with van der Waals surface area (Å²) in [5.41, 5.74) is 0.924. The lowest BCUT2D eigenvalue weighted by molar-refractivity contribution is 0.0165. The fraction of sp³-hybridized carbons (Fsp3) is 0.500. The summed E-state index contributed by atoms with van der Waals surface area (Å²) in [5.74, 6) is 0.756. The highest BCUT2D eigenvalue weighted by Gasteiger charge is 2.09. The lowest BCUT2D eigenvalue weighted by Gasteiger charge is -2.10. The summed E-state index contributed by atoms with van der Waals surface area (Å²) >= 11 is 6.11. The smallest absolute Gasteiger partial charge is 0.261 e. The molecular weight excluding hydrogens is 250 g/mol. The van der Waals surface area contributed by atoms with Crippen LogP contribution >= 0.6 is 11.6 Å². The van der Waals surface area contributed by atoms with Gasteiger partial charge in [-0.2, -0.15) is 0 Å². The Morgan fingerprint density at radius 2 is 1.88 bits per heavy atom. The Bertz CT molecular complexity index is 317. The average molecular weight is 265 g/mol. The number of hydrogen-bond donors (Lipinski definition) is 0. The summed E-state index contributed by atoms with van der Waals surface area (Å²) in [5, 5.41) is -0.237. The zero-order chi connectivity index (χ0) is 12.7. The highest BCUT2D eigenvalue weighted by Crippen LogP contribution is 2.25. The number of rotatable bonds is 7. The van der Waals surface area contributed by atoms with Crippen molar-refractivity contribution in [3.8, 4) is 5.75 Å². The molecule has 0 N–H and O–H groups in total. The van der Waals surface area contributed by atoms with Crippen molar-refractivity contribution in [3.63, 3.8) is 0 Å². The minimum atomic E-state index is -2.43. The summed E-state index contributed by atoms with van der Waals surface area (Å²) < 4.78 is 33.4. The molecule has 0 fully saturated rings. The highest BCUT2D eigenvalue weighted by atomic mass is 35.5. The van der Waals surface area contributed by atoms with Gasteiger partial charge in [-0.3, -0.25) is 0 Å². The lowest BCUT2D eigenvalue weighted by atomic mass is 10.1. The van der Waals surface area contributed by atoms with Crippen LogP contribution in [0.4, 0.5) is 8.78 Å². The molecule has 0 aromatic heterocycles. The second-order valence-electron chi connectivity index (χ2n) is 3.50. The van der Waals surface area contributed by atoms with Gasteiger partial charge in [-0.05, 0) is 24.1 Å². The van der Waals surface area contributed by atoms with Crippen LogP contribution in [0, 0.1) is 0 Å². The maximum absolute atomic E-state index is 11.8. The third kappa shape index (κ3) is 5.33. The zero-order valence-electron chi connectivity index (χ0n) is 9.54. The monoisotopic (exact) mass is 264 g/mol. The molecule has 0 bridgehead atoms. The Morgan fingerprint density at radius 3 is 2.41 bits per heavy atom. The predicted molar refractivity (Wildman–Crippen MR) is 63.0 cm³/mol. The minimum absolute atomic E-state index is 0.227. The second kappa shape index (κ2) is 7.45. The number of halogens is 3. The van der Waals surface area contributed by atoms with E-state index in [1.165, 1.54) is 0 Å². The minimum Gasteiger partial charge on any atom is -0.497 e. The molecule has 96 valence electrons. The van der Waals surface area contributed by atoms with Crippen LogP contribution in [0.5, 0.6) is 5.75 Å². The van der Waals surface area contributed by atoms with E-state index < -0.39 is 13.0 Å². The molecule has 5 heteroatoms. The van der Waals surface area contributed by atoms with Crippen molar-refractivity contribution in [2.45, 2.75) is 18.2 Å². The third-order valence-electron chi connectivity index (χ3n) is 2.24. The maximum Gasteiger partial charge on any atom is 0.261 e. The summed E-state index contributed by atoms with van der Waals surface area (Å²) in [6, 6.07) is 7.32. The fourth-order valence-corrected chi connectivity index (χ4v) is 1.57. The Balaban J connectivity index is 2.33. The molecule has 0 aliphatic heterocycles. The molecule has 1 atom stereocenters. The van der Waals surface area contributed by atoms with Gasteiger partial charge in [0.1, 0.15) is 12.4 Å². The second-order valence-corrected chi connectivity index (χ2v) is 4.02. The van der Waals surface area contributed by atoms with Crippen molar-refractivity contribution in [1.29, 1.82) is 0 Å². The quantitative estimate of drug-likeness (QED) is 0.553. The van der Waals surface area contributed by atoms with Gasteiger partial charge in [0, 0.05) is 6.61 Å². The molecule has 1 aromatic carbocycles. The molecule has 1 rings (SSSR count). The molecule has 0 saturated carbocycles. The molecular formula is C12H15ClF2O2. The van der Waals surface area contributed by atoms with Gasteiger partial charge in [0.15, 0.2) is 0 Å². The number of benzene rings is 1. The lowest BCUT2D eigenvalue weighted by Crippen LogP contribution is -2.06. The van der Waals surface area contributed by atoms with Gasteiger partial charge in [0.25, 0.3) is 6.43 Å². The number of methoxy groups -OCH3 is 1. The van der Waals surface area contributed by atoms with Crippen LogP contribution in [0.1, 0.15) is 17.4 Å². The van der Waals surface area contributed by atoms with Crippen molar-refractivity contribution in [3.05, 3.63) is 29.8 Å². The van der Waals surface area contributed by atoms with Crippen LogP contribution in [-0.4, -0.2) is 26.7 Å². The Labute approximate surface area is 104 Å². The fourth-order valence-electron chi connectivity index (χ4n) is 1.34. The summed E-state index contributed by atoms with van der Waals surface area (Å²) in [6.07, 6.45) is -1.93. The van der Waals surface area contributed by atoms with E-state index >= 15 is 0 Å². The van der Waals surface area contributed by atoms with Gasteiger partial charge < -0.3 is 9.47 Å². The first-order valence-electron chi connectivity index (χ1n) is 5.27. The predicted octanol–water partition coefficient (Wildman–Crippen LogP) is 3.65. The summed E-state index contributed by atoms with van der Waals surface area (Å²) in [6.45, 7) is -0.309. The first kappa shape index (κ1) is 14.2. The van der Waals surface area contributed by atoms with Gasteiger partial charge in [0.05, 0.1) is 12.5 Å². The molecule has 1 unspecified atom stereocenters. The molecule has 1 aromatic rings.